The van der Waals surface area contributed by atoms with Gasteiger partial charge in [0.1, 0.15) is 5.75 Å². The molecule has 0 bridgehead atoms. The van der Waals surface area contributed by atoms with E-state index in [1.165, 1.54) is 0 Å². The van der Waals surface area contributed by atoms with Crippen molar-refractivity contribution in [2.24, 2.45) is 0 Å². The van der Waals surface area contributed by atoms with Crippen LogP contribution in [-0.4, -0.2) is 5.11 Å². The van der Waals surface area contributed by atoms with E-state index in [0.29, 0.717) is 0 Å². The molecule has 0 atom stereocenters. The van der Waals surface area contributed by atoms with Gasteiger partial charge < -0.3 is 5.11 Å². The second-order valence-electron chi connectivity index (χ2n) is 3.53. The van der Waals surface area contributed by atoms with Gasteiger partial charge in [0.2, 0.25) is 0 Å². The first-order valence-electron chi connectivity index (χ1n) is 4.91. The standard InChI is InChI=1S/C14H11BrO/c1-10(11-2-6-13(15)7-3-11)12-4-8-14(16)9-5-12/h2-9,16H,1H2. The minimum atomic E-state index is 0.271. The van der Waals surface area contributed by atoms with Crippen LogP contribution in [-0.2, 0) is 0 Å². The van der Waals surface area contributed by atoms with E-state index >= 15 is 0 Å². The van der Waals surface area contributed by atoms with Crippen molar-refractivity contribution in [1.29, 1.82) is 0 Å². The molecule has 2 aromatic carbocycles. The molecule has 0 radical (unpaired) electrons. The number of rotatable bonds is 2. The number of phenolic OH excluding ortho intramolecular Hbond substituents is 1. The second-order valence-corrected chi connectivity index (χ2v) is 4.45. The quantitative estimate of drug-likeness (QED) is 0.870. The van der Waals surface area contributed by atoms with Crippen molar-refractivity contribution in [2.45, 2.75) is 0 Å². The van der Waals surface area contributed by atoms with Gasteiger partial charge in [0.25, 0.3) is 0 Å². The van der Waals surface area contributed by atoms with E-state index in [1.807, 2.05) is 36.4 Å². The summed E-state index contributed by atoms with van der Waals surface area (Å²) < 4.78 is 1.05. The number of hydrogen-bond donors (Lipinski definition) is 1. The van der Waals surface area contributed by atoms with Gasteiger partial charge in [-0.25, -0.2) is 0 Å². The van der Waals surface area contributed by atoms with Crippen molar-refractivity contribution in [3.8, 4) is 5.75 Å². The molecule has 2 aromatic rings. The fraction of sp³-hybridized carbons (Fsp3) is 0. The molecular weight excluding hydrogens is 264 g/mol. The third kappa shape index (κ3) is 2.34. The van der Waals surface area contributed by atoms with E-state index in [4.69, 9.17) is 0 Å². The molecule has 0 aliphatic carbocycles. The smallest absolute Gasteiger partial charge is 0.115 e. The zero-order chi connectivity index (χ0) is 11.5. The molecule has 2 heteroatoms. The normalized spacial score (nSPS) is 10.1. The van der Waals surface area contributed by atoms with Crippen molar-refractivity contribution < 1.29 is 5.11 Å². The predicted molar refractivity (Wildman–Crippen MR) is 70.4 cm³/mol. The number of hydrogen-bond acceptors (Lipinski definition) is 1. The zero-order valence-corrected chi connectivity index (χ0v) is 10.2. The van der Waals surface area contributed by atoms with Gasteiger partial charge in [0.05, 0.1) is 0 Å². The summed E-state index contributed by atoms with van der Waals surface area (Å²) >= 11 is 3.40. The average Bonchev–Trinajstić information content (AvgIpc) is 2.30. The Bertz CT molecular complexity index is 450. The molecule has 0 unspecified atom stereocenters. The van der Waals surface area contributed by atoms with Gasteiger partial charge >= 0.3 is 0 Å². The molecule has 0 fully saturated rings. The monoisotopic (exact) mass is 274 g/mol. The summed E-state index contributed by atoms with van der Waals surface area (Å²) in [5, 5.41) is 9.21. The Kier molecular flexibility index (Phi) is 3.11. The Morgan fingerprint density at radius 3 is 1.81 bits per heavy atom. The van der Waals surface area contributed by atoms with Crippen LogP contribution in [0.1, 0.15) is 11.1 Å². The van der Waals surface area contributed by atoms with E-state index in [1.54, 1.807) is 12.1 Å². The Balaban J connectivity index is 2.32. The molecule has 0 spiro atoms. The highest BCUT2D eigenvalue weighted by Gasteiger charge is 2.01. The van der Waals surface area contributed by atoms with Crippen LogP contribution in [0.25, 0.3) is 5.57 Å². The molecule has 0 aliphatic heterocycles. The van der Waals surface area contributed by atoms with Gasteiger partial charge in [0.15, 0.2) is 0 Å². The molecule has 2 rings (SSSR count). The van der Waals surface area contributed by atoms with E-state index in [2.05, 4.69) is 22.5 Å². The van der Waals surface area contributed by atoms with Crippen LogP contribution in [0.3, 0.4) is 0 Å². The van der Waals surface area contributed by atoms with Crippen LogP contribution in [0.15, 0.2) is 59.6 Å². The third-order valence-electron chi connectivity index (χ3n) is 2.41. The fourth-order valence-corrected chi connectivity index (χ4v) is 1.74. The molecule has 0 aromatic heterocycles. The van der Waals surface area contributed by atoms with Crippen molar-refractivity contribution in [2.75, 3.05) is 0 Å². The maximum atomic E-state index is 9.21. The number of phenols is 1. The first-order chi connectivity index (χ1) is 7.66. The van der Waals surface area contributed by atoms with Gasteiger partial charge in [-0.3, -0.25) is 0 Å². The van der Waals surface area contributed by atoms with Crippen molar-refractivity contribution in [3.63, 3.8) is 0 Å². The Morgan fingerprint density at radius 1 is 0.875 bits per heavy atom. The van der Waals surface area contributed by atoms with Crippen molar-refractivity contribution in [1.82, 2.24) is 0 Å². The maximum absolute atomic E-state index is 9.21. The average molecular weight is 275 g/mol. The van der Waals surface area contributed by atoms with E-state index < -0.39 is 0 Å². The second kappa shape index (κ2) is 4.54. The lowest BCUT2D eigenvalue weighted by molar-refractivity contribution is 0.475. The molecule has 0 heterocycles. The molecular formula is C14H11BrO. The third-order valence-corrected chi connectivity index (χ3v) is 2.94. The van der Waals surface area contributed by atoms with E-state index in [-0.39, 0.29) is 5.75 Å². The Labute approximate surface area is 103 Å². The largest absolute Gasteiger partial charge is 0.508 e. The molecule has 1 N–H and O–H groups in total. The first kappa shape index (κ1) is 11.0. The summed E-state index contributed by atoms with van der Waals surface area (Å²) in [5.41, 5.74) is 3.04. The lowest BCUT2D eigenvalue weighted by Gasteiger charge is -2.06. The van der Waals surface area contributed by atoms with Gasteiger partial charge in [-0.2, -0.15) is 0 Å². The number of aromatic hydroxyl groups is 1. The fourth-order valence-electron chi connectivity index (χ4n) is 1.48. The SMILES string of the molecule is C=C(c1ccc(O)cc1)c1ccc(Br)cc1. The van der Waals surface area contributed by atoms with Gasteiger partial charge in [-0.1, -0.05) is 46.8 Å². The van der Waals surface area contributed by atoms with Crippen molar-refractivity contribution >= 4 is 21.5 Å². The highest BCUT2D eigenvalue weighted by atomic mass is 79.9. The summed E-state index contributed by atoms with van der Waals surface area (Å²) in [4.78, 5) is 0. The van der Waals surface area contributed by atoms with Crippen LogP contribution < -0.4 is 0 Å². The molecule has 0 aliphatic rings. The van der Waals surface area contributed by atoms with Gasteiger partial charge in [-0.05, 0) is 41.0 Å². The highest BCUT2D eigenvalue weighted by molar-refractivity contribution is 9.10. The number of halogens is 1. The van der Waals surface area contributed by atoms with Gasteiger partial charge in [-0.15, -0.1) is 0 Å². The van der Waals surface area contributed by atoms with Crippen LogP contribution in [0, 0.1) is 0 Å². The van der Waals surface area contributed by atoms with E-state index in [9.17, 15) is 5.11 Å². The maximum Gasteiger partial charge on any atom is 0.115 e. The summed E-state index contributed by atoms with van der Waals surface area (Å²) in [6.45, 7) is 4.06. The topological polar surface area (TPSA) is 20.2 Å². The lowest BCUT2D eigenvalue weighted by Crippen LogP contribution is -1.85. The molecule has 1 nitrogen and oxygen atoms in total. The highest BCUT2D eigenvalue weighted by Crippen LogP contribution is 2.24. The Hall–Kier alpha value is -1.54. The summed E-state index contributed by atoms with van der Waals surface area (Å²) in [6.07, 6.45) is 0. The first-order valence-corrected chi connectivity index (χ1v) is 5.70. The minimum absolute atomic E-state index is 0.271. The summed E-state index contributed by atoms with van der Waals surface area (Å²) in [7, 11) is 0. The molecule has 16 heavy (non-hydrogen) atoms. The van der Waals surface area contributed by atoms with E-state index in [0.717, 1.165) is 21.2 Å². The van der Waals surface area contributed by atoms with Gasteiger partial charge in [0, 0.05) is 4.47 Å². The predicted octanol–water partition coefficient (Wildman–Crippen LogP) is 4.22. The molecule has 0 amide bonds. The van der Waals surface area contributed by atoms with Crippen LogP contribution in [0.4, 0.5) is 0 Å². The van der Waals surface area contributed by atoms with Crippen LogP contribution in [0.2, 0.25) is 0 Å². The molecule has 0 saturated carbocycles. The Morgan fingerprint density at radius 2 is 1.31 bits per heavy atom. The summed E-state index contributed by atoms with van der Waals surface area (Å²) in [6, 6.07) is 15.1. The number of benzene rings is 2. The lowest BCUT2D eigenvalue weighted by atomic mass is 10.00. The molecule has 80 valence electrons. The van der Waals surface area contributed by atoms with Crippen LogP contribution in [0.5, 0.6) is 5.75 Å². The van der Waals surface area contributed by atoms with Crippen molar-refractivity contribution in [3.05, 3.63) is 70.7 Å². The zero-order valence-electron chi connectivity index (χ0n) is 8.65. The molecule has 0 saturated heterocycles. The minimum Gasteiger partial charge on any atom is -0.508 e. The summed E-state index contributed by atoms with van der Waals surface area (Å²) in [5.74, 6) is 0.271. The van der Waals surface area contributed by atoms with Crippen LogP contribution >= 0.6 is 15.9 Å².